The summed E-state index contributed by atoms with van der Waals surface area (Å²) in [4.78, 5) is 24.5. The summed E-state index contributed by atoms with van der Waals surface area (Å²) in [6.07, 6.45) is 65.9. The van der Waals surface area contributed by atoms with Crippen LogP contribution >= 0.6 is 0 Å². The van der Waals surface area contributed by atoms with Crippen molar-refractivity contribution >= 4 is 11.9 Å². The third kappa shape index (κ3) is 51.6. The van der Waals surface area contributed by atoms with Gasteiger partial charge in [0, 0.05) is 12.8 Å². The van der Waals surface area contributed by atoms with Crippen LogP contribution in [0, 0.1) is 0 Å². The van der Waals surface area contributed by atoms with E-state index in [1.807, 2.05) is 0 Å². The van der Waals surface area contributed by atoms with Crippen LogP contribution in [0.4, 0.5) is 0 Å². The summed E-state index contributed by atoms with van der Waals surface area (Å²) >= 11 is 0. The van der Waals surface area contributed by atoms with Gasteiger partial charge in [-0.05, 0) is 77.0 Å². The number of unbranched alkanes of at least 4 members (excludes halogenated alkanes) is 39. The van der Waals surface area contributed by atoms with E-state index in [0.717, 1.165) is 70.6 Å². The van der Waals surface area contributed by atoms with Gasteiger partial charge in [0.1, 0.15) is 0 Å². The van der Waals surface area contributed by atoms with Crippen molar-refractivity contribution in [2.24, 2.45) is 0 Å². The lowest BCUT2D eigenvalue weighted by Crippen LogP contribution is -2.45. The monoisotopic (exact) mass is 916 g/mol. The van der Waals surface area contributed by atoms with Gasteiger partial charge in [0.25, 0.3) is 0 Å². The van der Waals surface area contributed by atoms with E-state index in [9.17, 15) is 19.8 Å². The van der Waals surface area contributed by atoms with Crippen molar-refractivity contribution in [1.82, 2.24) is 5.32 Å². The molecule has 3 N–H and O–H groups in total. The number of rotatable bonds is 54. The Morgan fingerprint density at radius 1 is 0.415 bits per heavy atom. The number of hydrogen-bond donors (Lipinski definition) is 3. The molecular formula is C59H113NO5. The lowest BCUT2D eigenvalue weighted by atomic mass is 10.0. The molecule has 0 heterocycles. The SMILES string of the molecule is CCCCCCCC/C=C\CCCCCCCC(=O)OCCCCCC/C=C\CCCCCCCCCC(=O)NC(CO)C(O)CCCCCCCCCCCCCCCCCCCC. The minimum atomic E-state index is -0.675. The van der Waals surface area contributed by atoms with Crippen LogP contribution in [-0.2, 0) is 14.3 Å². The molecule has 6 heteroatoms. The molecule has 0 aromatic rings. The molecule has 6 nitrogen and oxygen atoms in total. The normalized spacial score (nSPS) is 12.7. The van der Waals surface area contributed by atoms with Crippen LogP contribution in [0.5, 0.6) is 0 Å². The Morgan fingerprint density at radius 3 is 1.09 bits per heavy atom. The van der Waals surface area contributed by atoms with Crippen LogP contribution < -0.4 is 5.32 Å². The maximum atomic E-state index is 12.5. The standard InChI is InChI=1S/C59H113NO5/c1-3-5-7-9-11-13-15-17-19-20-21-24-27-31-35-39-43-47-51-57(62)56(55-61)60-58(63)52-48-44-40-36-32-28-25-22-26-30-34-38-42-46-50-54-65-59(64)53-49-45-41-37-33-29-23-18-16-14-12-10-8-6-4-2/h18,23,26,30,56-57,61-62H,3-17,19-22,24-25,27-29,31-55H2,1-2H3,(H,60,63)/b23-18-,30-26-. The van der Waals surface area contributed by atoms with E-state index in [-0.39, 0.29) is 18.5 Å². The fourth-order valence-electron chi connectivity index (χ4n) is 8.98. The maximum Gasteiger partial charge on any atom is 0.305 e. The number of hydrogen-bond acceptors (Lipinski definition) is 5. The quantitative estimate of drug-likeness (QED) is 0.0321. The number of allylic oxidation sites excluding steroid dienone is 4. The number of carbonyl (C=O) groups is 2. The summed E-state index contributed by atoms with van der Waals surface area (Å²) < 4.78 is 5.46. The Labute approximate surface area is 405 Å². The van der Waals surface area contributed by atoms with E-state index in [2.05, 4.69) is 43.5 Å². The zero-order chi connectivity index (χ0) is 47.2. The van der Waals surface area contributed by atoms with Crippen LogP contribution in [0.25, 0.3) is 0 Å². The summed E-state index contributed by atoms with van der Waals surface area (Å²) in [6.45, 7) is 4.92. The second-order valence-corrected chi connectivity index (χ2v) is 20.0. The Kier molecular flexibility index (Phi) is 53.5. The number of nitrogens with one attached hydrogen (secondary N) is 1. The number of amides is 1. The van der Waals surface area contributed by atoms with Crippen LogP contribution in [0.1, 0.15) is 316 Å². The van der Waals surface area contributed by atoms with Gasteiger partial charge in [0.2, 0.25) is 5.91 Å². The third-order valence-electron chi connectivity index (χ3n) is 13.5. The van der Waals surface area contributed by atoms with Crippen molar-refractivity contribution in [2.75, 3.05) is 13.2 Å². The fraction of sp³-hybridized carbons (Fsp3) is 0.898. The van der Waals surface area contributed by atoms with Gasteiger partial charge in [0.05, 0.1) is 25.4 Å². The van der Waals surface area contributed by atoms with Gasteiger partial charge in [-0.15, -0.1) is 0 Å². The highest BCUT2D eigenvalue weighted by Gasteiger charge is 2.20. The molecule has 0 saturated heterocycles. The number of aliphatic hydroxyl groups is 2. The highest BCUT2D eigenvalue weighted by molar-refractivity contribution is 5.76. The van der Waals surface area contributed by atoms with Crippen molar-refractivity contribution in [3.05, 3.63) is 24.3 Å². The van der Waals surface area contributed by atoms with Gasteiger partial charge in [-0.1, -0.05) is 250 Å². The summed E-state index contributed by atoms with van der Waals surface area (Å²) in [5.41, 5.74) is 0. The second-order valence-electron chi connectivity index (χ2n) is 20.0. The molecule has 0 aliphatic rings. The van der Waals surface area contributed by atoms with Crippen LogP contribution in [0.2, 0.25) is 0 Å². The molecule has 65 heavy (non-hydrogen) atoms. The molecule has 0 fully saturated rings. The molecule has 0 rings (SSSR count). The average molecular weight is 917 g/mol. The first-order valence-electron chi connectivity index (χ1n) is 29.1. The minimum absolute atomic E-state index is 0.0175. The van der Waals surface area contributed by atoms with Crippen molar-refractivity contribution in [3.63, 3.8) is 0 Å². The summed E-state index contributed by atoms with van der Waals surface area (Å²) in [5.74, 6) is -0.0659. The van der Waals surface area contributed by atoms with Gasteiger partial charge in [-0.2, -0.15) is 0 Å². The number of esters is 1. The number of aliphatic hydroxyl groups excluding tert-OH is 2. The lowest BCUT2D eigenvalue weighted by Gasteiger charge is -2.22. The van der Waals surface area contributed by atoms with E-state index in [1.165, 1.54) is 212 Å². The first kappa shape index (κ1) is 63.3. The number of carbonyl (C=O) groups excluding carboxylic acids is 2. The molecule has 0 aromatic carbocycles. The Hall–Kier alpha value is -1.66. The molecule has 0 aliphatic carbocycles. The first-order valence-corrected chi connectivity index (χ1v) is 29.1. The first-order chi connectivity index (χ1) is 32.0. The van der Waals surface area contributed by atoms with E-state index in [4.69, 9.17) is 4.74 Å². The molecule has 0 radical (unpaired) electrons. The van der Waals surface area contributed by atoms with Crippen LogP contribution in [-0.4, -0.2) is 47.4 Å². The van der Waals surface area contributed by atoms with Crippen molar-refractivity contribution in [1.29, 1.82) is 0 Å². The largest absolute Gasteiger partial charge is 0.466 e. The van der Waals surface area contributed by atoms with Crippen molar-refractivity contribution in [3.8, 4) is 0 Å². The van der Waals surface area contributed by atoms with E-state index < -0.39 is 12.1 Å². The topological polar surface area (TPSA) is 95.9 Å². The molecule has 0 aliphatic heterocycles. The van der Waals surface area contributed by atoms with Crippen molar-refractivity contribution in [2.45, 2.75) is 328 Å². The highest BCUT2D eigenvalue weighted by Crippen LogP contribution is 2.17. The summed E-state index contributed by atoms with van der Waals surface area (Å²) in [6, 6.07) is -0.553. The molecule has 0 aromatic heterocycles. The predicted octanol–water partition coefficient (Wildman–Crippen LogP) is 17.9. The van der Waals surface area contributed by atoms with Gasteiger partial charge >= 0.3 is 5.97 Å². The molecule has 384 valence electrons. The van der Waals surface area contributed by atoms with Gasteiger partial charge < -0.3 is 20.3 Å². The average Bonchev–Trinajstić information content (AvgIpc) is 3.31. The van der Waals surface area contributed by atoms with Crippen LogP contribution in [0.15, 0.2) is 24.3 Å². The van der Waals surface area contributed by atoms with E-state index in [0.29, 0.717) is 25.9 Å². The molecule has 2 unspecified atom stereocenters. The second kappa shape index (κ2) is 54.9. The van der Waals surface area contributed by atoms with Gasteiger partial charge in [-0.25, -0.2) is 0 Å². The predicted molar refractivity (Wildman–Crippen MR) is 283 cm³/mol. The molecule has 0 saturated carbocycles. The molecule has 0 bridgehead atoms. The van der Waals surface area contributed by atoms with E-state index >= 15 is 0 Å². The summed E-state index contributed by atoms with van der Waals surface area (Å²) in [5, 5.41) is 23.3. The molecule has 0 spiro atoms. The van der Waals surface area contributed by atoms with Gasteiger partial charge in [-0.3, -0.25) is 9.59 Å². The Morgan fingerprint density at radius 2 is 0.723 bits per heavy atom. The fourth-order valence-corrected chi connectivity index (χ4v) is 8.98. The zero-order valence-corrected chi connectivity index (χ0v) is 43.7. The van der Waals surface area contributed by atoms with Gasteiger partial charge in [0.15, 0.2) is 0 Å². The molecular weight excluding hydrogens is 803 g/mol. The lowest BCUT2D eigenvalue weighted by molar-refractivity contribution is -0.143. The maximum absolute atomic E-state index is 12.5. The smallest absolute Gasteiger partial charge is 0.305 e. The van der Waals surface area contributed by atoms with E-state index in [1.54, 1.807) is 0 Å². The minimum Gasteiger partial charge on any atom is -0.466 e. The van der Waals surface area contributed by atoms with Crippen molar-refractivity contribution < 1.29 is 24.5 Å². The molecule has 2 atom stereocenters. The highest BCUT2D eigenvalue weighted by atomic mass is 16.5. The molecule has 1 amide bonds. The number of ether oxygens (including phenoxy) is 1. The summed E-state index contributed by atoms with van der Waals surface area (Å²) in [7, 11) is 0. The Bertz CT molecular complexity index is 1010. The Balaban J connectivity index is 3.47. The zero-order valence-electron chi connectivity index (χ0n) is 43.7. The third-order valence-corrected chi connectivity index (χ3v) is 13.5. The van der Waals surface area contributed by atoms with Crippen LogP contribution in [0.3, 0.4) is 0 Å².